The fraction of sp³-hybridized carbons (Fsp3) is 0.909. The molecule has 0 aromatic rings. The lowest BCUT2D eigenvalue weighted by molar-refractivity contribution is -0.140. The summed E-state index contributed by atoms with van der Waals surface area (Å²) in [5, 5.41) is 21.1. The lowest BCUT2D eigenvalue weighted by Crippen LogP contribution is -2.47. The van der Waals surface area contributed by atoms with Crippen molar-refractivity contribution < 1.29 is 15.0 Å². The Hall–Kier alpha value is -0.610. The van der Waals surface area contributed by atoms with Gasteiger partial charge >= 0.3 is 5.97 Å². The predicted molar refractivity (Wildman–Crippen MR) is 57.6 cm³/mol. The van der Waals surface area contributed by atoms with Crippen LogP contribution in [0.15, 0.2) is 0 Å². The fourth-order valence-corrected chi connectivity index (χ4v) is 1.82. The minimum Gasteiger partial charge on any atom is -0.480 e. The second-order valence-corrected chi connectivity index (χ2v) is 4.68. The highest BCUT2D eigenvalue weighted by Gasteiger charge is 2.37. The maximum atomic E-state index is 11.0. The van der Waals surface area contributed by atoms with Gasteiger partial charge in [-0.15, -0.1) is 0 Å². The third-order valence-corrected chi connectivity index (χ3v) is 3.00. The average Bonchev–Trinajstić information content (AvgIpc) is 2.94. The molecule has 1 rings (SSSR count). The third kappa shape index (κ3) is 3.80. The molecule has 1 saturated carbocycles. The van der Waals surface area contributed by atoms with Gasteiger partial charge in [0.05, 0.1) is 0 Å². The molecule has 4 nitrogen and oxygen atoms in total. The minimum absolute atomic E-state index is 0.0942. The molecule has 0 aliphatic heterocycles. The zero-order valence-corrected chi connectivity index (χ0v) is 9.44. The van der Waals surface area contributed by atoms with Gasteiger partial charge in [0.15, 0.2) is 0 Å². The lowest BCUT2D eigenvalue weighted by Gasteiger charge is -2.25. The van der Waals surface area contributed by atoms with Crippen LogP contribution in [0.25, 0.3) is 0 Å². The molecule has 0 radical (unpaired) electrons. The summed E-state index contributed by atoms with van der Waals surface area (Å²) in [6.07, 6.45) is 2.63. The molecule has 4 heteroatoms. The van der Waals surface area contributed by atoms with Crippen LogP contribution in [0.2, 0.25) is 0 Å². The largest absolute Gasteiger partial charge is 0.480 e. The van der Waals surface area contributed by atoms with Crippen molar-refractivity contribution in [3.05, 3.63) is 0 Å². The van der Waals surface area contributed by atoms with E-state index in [1.165, 1.54) is 0 Å². The molecule has 0 bridgehead atoms. The normalized spacial score (nSPS) is 20.3. The van der Waals surface area contributed by atoms with Crippen LogP contribution in [0.4, 0.5) is 0 Å². The van der Waals surface area contributed by atoms with Crippen molar-refractivity contribution in [2.75, 3.05) is 6.61 Å². The van der Waals surface area contributed by atoms with Gasteiger partial charge in [-0.1, -0.05) is 13.8 Å². The summed E-state index contributed by atoms with van der Waals surface area (Å²) in [7, 11) is 0. The molecule has 1 aliphatic rings. The molecule has 1 aliphatic carbocycles. The summed E-state index contributed by atoms with van der Waals surface area (Å²) >= 11 is 0. The van der Waals surface area contributed by atoms with Crippen molar-refractivity contribution in [1.82, 2.24) is 5.32 Å². The maximum Gasteiger partial charge on any atom is 0.320 e. The molecule has 0 spiro atoms. The van der Waals surface area contributed by atoms with E-state index in [-0.39, 0.29) is 12.6 Å². The van der Waals surface area contributed by atoms with Gasteiger partial charge in [-0.2, -0.15) is 0 Å². The van der Waals surface area contributed by atoms with E-state index in [0.29, 0.717) is 18.3 Å². The summed E-state index contributed by atoms with van der Waals surface area (Å²) in [5.74, 6) is -0.124. The van der Waals surface area contributed by atoms with Crippen molar-refractivity contribution in [2.45, 2.75) is 45.2 Å². The number of hydrogen-bond donors (Lipinski definition) is 3. The van der Waals surface area contributed by atoms with E-state index in [4.69, 9.17) is 10.2 Å². The highest BCUT2D eigenvalue weighted by Crippen LogP contribution is 2.33. The lowest BCUT2D eigenvalue weighted by atomic mass is 9.99. The van der Waals surface area contributed by atoms with E-state index >= 15 is 0 Å². The molecule has 0 aromatic heterocycles. The molecule has 0 saturated heterocycles. The summed E-state index contributed by atoms with van der Waals surface area (Å²) in [4.78, 5) is 11.0. The molecular weight excluding hydrogens is 194 g/mol. The number of carboxylic acids is 1. The first kappa shape index (κ1) is 12.5. The van der Waals surface area contributed by atoms with E-state index in [1.54, 1.807) is 0 Å². The number of aliphatic hydroxyl groups excluding tert-OH is 1. The Morgan fingerprint density at radius 1 is 1.47 bits per heavy atom. The van der Waals surface area contributed by atoms with Crippen LogP contribution in [0.1, 0.15) is 33.1 Å². The van der Waals surface area contributed by atoms with Crippen LogP contribution in [-0.2, 0) is 4.79 Å². The monoisotopic (exact) mass is 215 g/mol. The summed E-state index contributed by atoms with van der Waals surface area (Å²) < 4.78 is 0. The highest BCUT2D eigenvalue weighted by molar-refractivity contribution is 5.74. The molecule has 15 heavy (non-hydrogen) atoms. The zero-order valence-electron chi connectivity index (χ0n) is 9.44. The first-order valence-electron chi connectivity index (χ1n) is 5.66. The van der Waals surface area contributed by atoms with Gasteiger partial charge in [0, 0.05) is 12.6 Å². The smallest absolute Gasteiger partial charge is 0.320 e. The topological polar surface area (TPSA) is 69.6 Å². The second kappa shape index (κ2) is 5.47. The van der Waals surface area contributed by atoms with Gasteiger partial charge in [-0.3, -0.25) is 4.79 Å². The first-order chi connectivity index (χ1) is 7.06. The number of nitrogens with one attached hydrogen (secondary N) is 1. The zero-order chi connectivity index (χ0) is 11.4. The van der Waals surface area contributed by atoms with Crippen LogP contribution in [0.3, 0.4) is 0 Å². The Bertz CT molecular complexity index is 214. The summed E-state index contributed by atoms with van der Waals surface area (Å²) in [6, 6.07) is -0.333. The van der Waals surface area contributed by atoms with Crippen molar-refractivity contribution in [3.63, 3.8) is 0 Å². The SMILES string of the molecule is CC(C)C(CCO)NC(C(=O)O)C1CC1. The fourth-order valence-electron chi connectivity index (χ4n) is 1.82. The van der Waals surface area contributed by atoms with E-state index < -0.39 is 12.0 Å². The Balaban J connectivity index is 2.49. The van der Waals surface area contributed by atoms with Crippen LogP contribution < -0.4 is 5.32 Å². The van der Waals surface area contributed by atoms with E-state index in [1.807, 2.05) is 13.8 Å². The van der Waals surface area contributed by atoms with Crippen LogP contribution in [-0.4, -0.2) is 34.9 Å². The molecule has 1 fully saturated rings. The van der Waals surface area contributed by atoms with Crippen LogP contribution in [0, 0.1) is 11.8 Å². The van der Waals surface area contributed by atoms with E-state index in [2.05, 4.69) is 5.32 Å². The number of carbonyl (C=O) groups is 1. The summed E-state index contributed by atoms with van der Waals surface area (Å²) in [5.41, 5.74) is 0. The Morgan fingerprint density at radius 2 is 2.07 bits per heavy atom. The minimum atomic E-state index is -0.763. The molecule has 0 heterocycles. The predicted octanol–water partition coefficient (Wildman–Crippen LogP) is 0.846. The Kier molecular flexibility index (Phi) is 4.54. The number of aliphatic hydroxyl groups is 1. The van der Waals surface area contributed by atoms with Gasteiger partial charge in [0.2, 0.25) is 0 Å². The molecular formula is C11H21NO3. The van der Waals surface area contributed by atoms with Gasteiger partial charge in [0.25, 0.3) is 0 Å². The average molecular weight is 215 g/mol. The van der Waals surface area contributed by atoms with Gasteiger partial charge in [0.1, 0.15) is 6.04 Å². The maximum absolute atomic E-state index is 11.0. The van der Waals surface area contributed by atoms with Crippen LogP contribution >= 0.6 is 0 Å². The Morgan fingerprint density at radius 3 is 2.40 bits per heavy atom. The quantitative estimate of drug-likeness (QED) is 0.589. The Labute approximate surface area is 90.7 Å². The van der Waals surface area contributed by atoms with Gasteiger partial charge in [-0.05, 0) is 31.1 Å². The van der Waals surface area contributed by atoms with E-state index in [9.17, 15) is 4.79 Å². The standard InChI is InChI=1S/C11H21NO3/c1-7(2)9(5-6-13)12-10(11(14)15)8-3-4-8/h7-10,12-13H,3-6H2,1-2H3,(H,14,15). The molecule has 2 atom stereocenters. The number of hydrogen-bond acceptors (Lipinski definition) is 3. The van der Waals surface area contributed by atoms with Crippen molar-refractivity contribution in [2.24, 2.45) is 11.8 Å². The molecule has 88 valence electrons. The second-order valence-electron chi connectivity index (χ2n) is 4.68. The third-order valence-electron chi connectivity index (χ3n) is 3.00. The highest BCUT2D eigenvalue weighted by atomic mass is 16.4. The number of carboxylic acid groups (broad SMARTS) is 1. The molecule has 0 aromatic carbocycles. The van der Waals surface area contributed by atoms with Gasteiger partial charge < -0.3 is 15.5 Å². The van der Waals surface area contributed by atoms with Crippen molar-refractivity contribution >= 4 is 5.97 Å². The van der Waals surface area contributed by atoms with Crippen molar-refractivity contribution in [3.8, 4) is 0 Å². The molecule has 3 N–H and O–H groups in total. The van der Waals surface area contributed by atoms with Gasteiger partial charge in [-0.25, -0.2) is 0 Å². The van der Waals surface area contributed by atoms with Crippen molar-refractivity contribution in [1.29, 1.82) is 0 Å². The number of aliphatic carboxylic acids is 1. The van der Waals surface area contributed by atoms with E-state index in [0.717, 1.165) is 12.8 Å². The molecule has 2 unspecified atom stereocenters. The number of rotatable bonds is 7. The molecule has 0 amide bonds. The van der Waals surface area contributed by atoms with Crippen LogP contribution in [0.5, 0.6) is 0 Å². The summed E-state index contributed by atoms with van der Waals surface area (Å²) in [6.45, 7) is 4.19. The first-order valence-corrected chi connectivity index (χ1v) is 5.66.